The highest BCUT2D eigenvalue weighted by Crippen LogP contribution is 2.39. The molecule has 0 radical (unpaired) electrons. The summed E-state index contributed by atoms with van der Waals surface area (Å²) in [5.74, 6) is 6.78. The van der Waals surface area contributed by atoms with Crippen molar-refractivity contribution >= 4 is 5.69 Å². The fourth-order valence-electron chi connectivity index (χ4n) is 3.25. The molecule has 0 saturated heterocycles. The molecule has 0 spiro atoms. The van der Waals surface area contributed by atoms with Gasteiger partial charge in [-0.05, 0) is 66.4 Å². The fraction of sp³-hybridized carbons (Fsp3) is 0.680. The normalized spacial score (nSPS) is 22.0. The zero-order chi connectivity index (χ0) is 22.7. The summed E-state index contributed by atoms with van der Waals surface area (Å²) in [4.78, 5) is 7.99. The van der Waals surface area contributed by atoms with E-state index >= 15 is 0 Å². The van der Waals surface area contributed by atoms with E-state index in [4.69, 9.17) is 25.5 Å². The van der Waals surface area contributed by atoms with Crippen LogP contribution in [0.15, 0.2) is 12.3 Å². The van der Waals surface area contributed by atoms with Gasteiger partial charge in [-0.1, -0.05) is 5.92 Å². The average molecular weight is 427 g/mol. The van der Waals surface area contributed by atoms with Crippen LogP contribution in [0.1, 0.15) is 72.9 Å². The third-order valence-electron chi connectivity index (χ3n) is 4.95. The number of aromatic nitrogens is 1. The summed E-state index contributed by atoms with van der Waals surface area (Å²) in [6.45, 7) is 20.8. The van der Waals surface area contributed by atoms with Gasteiger partial charge in [0.05, 0.1) is 43.3 Å². The maximum atomic E-state index is 7.49. The first kappa shape index (κ1) is 23.5. The number of hydrogen-bond acceptors (Lipinski definition) is 5. The lowest BCUT2D eigenvalue weighted by atomic mass is 9.91. The summed E-state index contributed by atoms with van der Waals surface area (Å²) in [6, 6.07) is 1.69. The third-order valence-corrected chi connectivity index (χ3v) is 4.95. The molecule has 2 fully saturated rings. The maximum absolute atomic E-state index is 7.49. The van der Waals surface area contributed by atoms with Gasteiger partial charge in [0.1, 0.15) is 23.1 Å². The smallest absolute Gasteiger partial charge is 0.232 e. The van der Waals surface area contributed by atoms with E-state index in [2.05, 4.69) is 42.4 Å². The zero-order valence-electron chi connectivity index (χ0n) is 19.6. The van der Waals surface area contributed by atoms with Gasteiger partial charge in [0.25, 0.3) is 0 Å². The van der Waals surface area contributed by atoms with E-state index in [1.54, 1.807) is 12.3 Å². The van der Waals surface area contributed by atoms with Crippen molar-refractivity contribution in [2.45, 2.75) is 96.2 Å². The van der Waals surface area contributed by atoms with Crippen molar-refractivity contribution in [1.29, 1.82) is 0 Å². The molecule has 2 aliphatic carbocycles. The highest BCUT2D eigenvalue weighted by Gasteiger charge is 2.42. The second-order valence-electron chi connectivity index (χ2n) is 10.3. The highest BCUT2D eigenvalue weighted by atomic mass is 16.5. The number of ether oxygens (including phenoxy) is 4. The Labute approximate surface area is 186 Å². The van der Waals surface area contributed by atoms with Gasteiger partial charge in [0, 0.05) is 12.8 Å². The van der Waals surface area contributed by atoms with E-state index < -0.39 is 5.60 Å². The van der Waals surface area contributed by atoms with Crippen molar-refractivity contribution < 1.29 is 18.9 Å². The predicted molar refractivity (Wildman–Crippen MR) is 119 cm³/mol. The molecule has 2 aliphatic rings. The molecule has 0 N–H and O–H groups in total. The molecular formula is C25H34N2O4. The molecule has 1 heterocycles. The van der Waals surface area contributed by atoms with Crippen LogP contribution in [0.25, 0.3) is 4.85 Å². The van der Waals surface area contributed by atoms with Crippen LogP contribution >= 0.6 is 0 Å². The van der Waals surface area contributed by atoms with E-state index in [-0.39, 0.29) is 23.4 Å². The van der Waals surface area contributed by atoms with Crippen molar-refractivity contribution in [3.05, 3.63) is 29.4 Å². The van der Waals surface area contributed by atoms with E-state index in [0.717, 1.165) is 25.7 Å². The fourth-order valence-corrected chi connectivity index (χ4v) is 3.25. The van der Waals surface area contributed by atoms with Crippen LogP contribution in [-0.2, 0) is 14.2 Å². The van der Waals surface area contributed by atoms with Gasteiger partial charge in [0.2, 0.25) is 5.69 Å². The molecule has 1 aromatic heterocycles. The number of nitrogens with zero attached hydrogens (tertiary/aromatic N) is 2. The van der Waals surface area contributed by atoms with Gasteiger partial charge < -0.3 is 18.9 Å². The molecule has 2 saturated carbocycles. The van der Waals surface area contributed by atoms with Crippen molar-refractivity contribution in [2.24, 2.45) is 0 Å². The highest BCUT2D eigenvalue weighted by molar-refractivity contribution is 5.59. The predicted octanol–water partition coefficient (Wildman–Crippen LogP) is 5.07. The van der Waals surface area contributed by atoms with Gasteiger partial charge in [-0.2, -0.15) is 0 Å². The SMILES string of the molecule is [C-]#[N+]c1cc(C#CC2(OCCOC(C)(C)C)CC2)ncc1OC1CC(OC(C)(C)C)C1. The van der Waals surface area contributed by atoms with Crippen molar-refractivity contribution in [2.75, 3.05) is 13.2 Å². The van der Waals surface area contributed by atoms with Gasteiger partial charge in [-0.25, -0.2) is 9.83 Å². The van der Waals surface area contributed by atoms with Crippen LogP contribution in [0.5, 0.6) is 5.75 Å². The Balaban J connectivity index is 1.53. The zero-order valence-corrected chi connectivity index (χ0v) is 19.6. The summed E-state index contributed by atoms with van der Waals surface area (Å²) in [5.41, 5.74) is 0.270. The molecule has 0 atom stereocenters. The Morgan fingerprint density at radius 1 is 1.10 bits per heavy atom. The number of pyridine rings is 1. The van der Waals surface area contributed by atoms with Crippen LogP contribution in [-0.4, -0.2) is 47.2 Å². The first-order valence-corrected chi connectivity index (χ1v) is 11.0. The second-order valence-corrected chi connectivity index (χ2v) is 10.3. The Kier molecular flexibility index (Phi) is 6.96. The lowest BCUT2D eigenvalue weighted by molar-refractivity contribution is -0.126. The van der Waals surface area contributed by atoms with Crippen LogP contribution in [0.3, 0.4) is 0 Å². The summed E-state index contributed by atoms with van der Waals surface area (Å²) in [7, 11) is 0. The molecule has 0 bridgehead atoms. The number of hydrogen-bond donors (Lipinski definition) is 0. The molecule has 0 aromatic carbocycles. The standard InChI is InChI=1S/C25H34N2O4/c1-23(2,3)28-12-13-29-25(10-11-25)9-8-18-14-21(26-7)22(17-27-18)30-19-15-20(16-19)31-24(4,5)6/h14,17,19-20H,10-13,15-16H2,1-6H3. The molecular weight excluding hydrogens is 392 g/mol. The first-order chi connectivity index (χ1) is 14.5. The van der Waals surface area contributed by atoms with Crippen molar-refractivity contribution in [3.8, 4) is 17.6 Å². The van der Waals surface area contributed by atoms with E-state index in [1.807, 2.05) is 20.8 Å². The molecule has 31 heavy (non-hydrogen) atoms. The van der Waals surface area contributed by atoms with Crippen molar-refractivity contribution in [1.82, 2.24) is 4.98 Å². The summed E-state index contributed by atoms with van der Waals surface area (Å²) in [6.07, 6.45) is 5.35. The molecule has 168 valence electrons. The molecule has 0 amide bonds. The maximum Gasteiger partial charge on any atom is 0.232 e. The lowest BCUT2D eigenvalue weighted by Crippen LogP contribution is -2.43. The quantitative estimate of drug-likeness (QED) is 0.346. The molecule has 0 aliphatic heterocycles. The van der Waals surface area contributed by atoms with Crippen LogP contribution in [0, 0.1) is 18.4 Å². The van der Waals surface area contributed by atoms with Crippen LogP contribution < -0.4 is 4.74 Å². The van der Waals surface area contributed by atoms with E-state index in [0.29, 0.717) is 30.3 Å². The van der Waals surface area contributed by atoms with Gasteiger partial charge in [-0.15, -0.1) is 0 Å². The molecule has 1 aromatic rings. The van der Waals surface area contributed by atoms with Gasteiger partial charge >= 0.3 is 0 Å². The lowest BCUT2D eigenvalue weighted by Gasteiger charge is -2.39. The van der Waals surface area contributed by atoms with Crippen LogP contribution in [0.2, 0.25) is 0 Å². The summed E-state index contributed by atoms with van der Waals surface area (Å²) in [5, 5.41) is 0. The minimum Gasteiger partial charge on any atom is -0.500 e. The van der Waals surface area contributed by atoms with Crippen molar-refractivity contribution in [3.63, 3.8) is 0 Å². The van der Waals surface area contributed by atoms with Crippen LogP contribution in [0.4, 0.5) is 5.69 Å². The van der Waals surface area contributed by atoms with E-state index in [1.165, 1.54) is 0 Å². The third kappa shape index (κ3) is 7.51. The monoisotopic (exact) mass is 426 g/mol. The minimum atomic E-state index is -0.398. The van der Waals surface area contributed by atoms with Gasteiger partial charge in [-0.3, -0.25) is 0 Å². The Bertz CT molecular complexity index is 870. The molecule has 0 unspecified atom stereocenters. The van der Waals surface area contributed by atoms with Gasteiger partial charge in [0.15, 0.2) is 0 Å². The summed E-state index contributed by atoms with van der Waals surface area (Å²) < 4.78 is 23.6. The average Bonchev–Trinajstić information content (AvgIpc) is 3.41. The molecule has 6 heteroatoms. The summed E-state index contributed by atoms with van der Waals surface area (Å²) >= 11 is 0. The minimum absolute atomic E-state index is 0.0602. The Hall–Kier alpha value is -2.12. The molecule has 3 rings (SSSR count). The Morgan fingerprint density at radius 3 is 2.39 bits per heavy atom. The largest absolute Gasteiger partial charge is 0.500 e. The Morgan fingerprint density at radius 2 is 1.81 bits per heavy atom. The topological polar surface area (TPSA) is 54.2 Å². The first-order valence-electron chi connectivity index (χ1n) is 11.0. The van der Waals surface area contributed by atoms with E-state index in [9.17, 15) is 0 Å². The second kappa shape index (κ2) is 9.17. The molecule has 6 nitrogen and oxygen atoms in total. The number of rotatable bonds is 7.